The van der Waals surface area contributed by atoms with E-state index in [0.29, 0.717) is 16.3 Å². The number of rotatable bonds is 8. The van der Waals surface area contributed by atoms with Gasteiger partial charge in [0.25, 0.3) is 0 Å². The molecule has 1 aromatic heterocycles. The van der Waals surface area contributed by atoms with Gasteiger partial charge in [0, 0.05) is 20.2 Å². The lowest BCUT2D eigenvalue weighted by Gasteiger charge is -2.35. The number of thiophene rings is 1. The van der Waals surface area contributed by atoms with Crippen LogP contribution < -0.4 is 9.46 Å². The van der Waals surface area contributed by atoms with Gasteiger partial charge in [-0.05, 0) is 77.4 Å². The Morgan fingerprint density at radius 1 is 1.00 bits per heavy atom. The predicted molar refractivity (Wildman–Crippen MR) is 143 cm³/mol. The second-order valence-corrected chi connectivity index (χ2v) is 16.2. The quantitative estimate of drug-likeness (QED) is 0.357. The molecule has 0 spiro atoms. The standard InChI is InChI=1S/C25H29F3N2O4S3/c1-22(2,3)36(31)30-24(6,15-37(32,33)23(4,5)13-29)16-7-9-20-18(11-16)19-12-17(8-10-21(19)35-20)34-14-25(26,27)28/h7-12,30H,14-15H2,1-6H3/t24-,36+/m0/s1. The first-order chi connectivity index (χ1) is 16.8. The molecule has 3 aromatic rings. The minimum Gasteiger partial charge on any atom is -0.484 e. The number of benzene rings is 2. The van der Waals surface area contributed by atoms with E-state index in [1.807, 2.05) is 6.07 Å². The van der Waals surface area contributed by atoms with Crippen molar-refractivity contribution >= 4 is 52.3 Å². The summed E-state index contributed by atoms with van der Waals surface area (Å²) in [5.41, 5.74) is -0.839. The molecular formula is C25H29F3N2O4S3. The summed E-state index contributed by atoms with van der Waals surface area (Å²) in [7, 11) is -5.66. The highest BCUT2D eigenvalue weighted by Gasteiger charge is 2.43. The number of sulfone groups is 1. The number of alkyl halides is 3. The van der Waals surface area contributed by atoms with E-state index in [9.17, 15) is 31.1 Å². The van der Waals surface area contributed by atoms with Crippen molar-refractivity contribution in [1.82, 2.24) is 4.72 Å². The molecular weight excluding hydrogens is 545 g/mol. The molecule has 0 unspecified atom stereocenters. The van der Waals surface area contributed by atoms with Crippen LogP contribution in [0.25, 0.3) is 20.2 Å². The molecule has 2 aromatic carbocycles. The first-order valence-electron chi connectivity index (χ1n) is 11.3. The Balaban J connectivity index is 2.16. The van der Waals surface area contributed by atoms with Crippen molar-refractivity contribution in [2.45, 2.75) is 62.8 Å². The summed E-state index contributed by atoms with van der Waals surface area (Å²) in [6.45, 7) is 8.10. The number of nitrogens with one attached hydrogen (secondary N) is 1. The second-order valence-electron chi connectivity index (χ2n) is 10.6. The minimum absolute atomic E-state index is 0.0583. The van der Waals surface area contributed by atoms with Crippen LogP contribution in [0.4, 0.5) is 13.2 Å². The maximum absolute atomic E-state index is 13.3. The van der Waals surface area contributed by atoms with Gasteiger partial charge in [-0.25, -0.2) is 17.3 Å². The molecule has 3 rings (SSSR count). The van der Waals surface area contributed by atoms with E-state index in [-0.39, 0.29) is 5.75 Å². The molecule has 0 saturated heterocycles. The zero-order chi connectivity index (χ0) is 28.0. The predicted octanol–water partition coefficient (Wildman–Crippen LogP) is 5.98. The first-order valence-corrected chi connectivity index (χ1v) is 14.9. The molecule has 37 heavy (non-hydrogen) atoms. The minimum atomic E-state index is -4.47. The van der Waals surface area contributed by atoms with Crippen LogP contribution in [-0.4, -0.2) is 40.7 Å². The Morgan fingerprint density at radius 2 is 1.57 bits per heavy atom. The Labute approximate surface area is 221 Å². The molecule has 0 fully saturated rings. The SMILES string of the molecule is CC(C)(C)[S@@](=O)N[C@@](C)(CS(=O)(=O)C(C)(C)C#N)c1ccc2sc3ccc(OCC(F)(F)F)cc3c2c1. The molecule has 0 aliphatic rings. The van der Waals surface area contributed by atoms with Crippen LogP contribution in [0.2, 0.25) is 0 Å². The summed E-state index contributed by atoms with van der Waals surface area (Å²) in [6.07, 6.45) is -4.47. The fraction of sp³-hybridized carbons (Fsp3) is 0.480. The van der Waals surface area contributed by atoms with Gasteiger partial charge in [0.1, 0.15) is 5.75 Å². The Hall–Kier alpha value is -2.20. The smallest absolute Gasteiger partial charge is 0.422 e. The molecule has 1 heterocycles. The van der Waals surface area contributed by atoms with Gasteiger partial charge in [-0.2, -0.15) is 18.4 Å². The summed E-state index contributed by atoms with van der Waals surface area (Å²) in [4.78, 5) is 0. The van der Waals surface area contributed by atoms with Crippen molar-refractivity contribution in [1.29, 1.82) is 5.26 Å². The number of halogens is 3. The third kappa shape index (κ3) is 6.45. The lowest BCUT2D eigenvalue weighted by Crippen LogP contribution is -2.52. The summed E-state index contributed by atoms with van der Waals surface area (Å²) < 4.78 is 84.7. The van der Waals surface area contributed by atoms with Gasteiger partial charge in [-0.1, -0.05) is 6.07 Å². The Morgan fingerprint density at radius 3 is 2.11 bits per heavy atom. The van der Waals surface area contributed by atoms with E-state index in [4.69, 9.17) is 4.74 Å². The maximum atomic E-state index is 13.3. The van der Waals surface area contributed by atoms with Crippen LogP contribution in [0.1, 0.15) is 47.1 Å². The topological polar surface area (TPSA) is 96.3 Å². The van der Waals surface area contributed by atoms with Crippen LogP contribution in [0.5, 0.6) is 5.75 Å². The van der Waals surface area contributed by atoms with Gasteiger partial charge in [-0.3, -0.25) is 0 Å². The number of hydrogen-bond donors (Lipinski definition) is 1. The van der Waals surface area contributed by atoms with Crippen LogP contribution >= 0.6 is 11.3 Å². The number of hydrogen-bond acceptors (Lipinski definition) is 6. The summed E-state index contributed by atoms with van der Waals surface area (Å²) >= 11 is 1.43. The highest BCUT2D eigenvalue weighted by molar-refractivity contribution is 7.93. The van der Waals surface area contributed by atoms with Crippen LogP contribution in [0.15, 0.2) is 36.4 Å². The fourth-order valence-corrected chi connectivity index (χ4v) is 7.08. The van der Waals surface area contributed by atoms with Gasteiger partial charge >= 0.3 is 6.18 Å². The van der Waals surface area contributed by atoms with Crippen LogP contribution in [-0.2, 0) is 26.4 Å². The summed E-state index contributed by atoms with van der Waals surface area (Å²) in [5.74, 6) is -0.446. The van der Waals surface area contributed by atoms with Crippen molar-refractivity contribution in [2.24, 2.45) is 0 Å². The highest BCUT2D eigenvalue weighted by Crippen LogP contribution is 2.39. The first kappa shape index (κ1) is 29.4. The molecule has 2 atom stereocenters. The molecule has 0 saturated carbocycles. The van der Waals surface area contributed by atoms with E-state index in [2.05, 4.69) is 4.72 Å². The van der Waals surface area contributed by atoms with Crippen molar-refractivity contribution < 1.29 is 30.5 Å². The Kier molecular flexibility index (Phi) is 7.80. The third-order valence-corrected chi connectivity index (χ3v) is 11.4. The molecule has 0 radical (unpaired) electrons. The molecule has 6 nitrogen and oxygen atoms in total. The van der Waals surface area contributed by atoms with Crippen molar-refractivity contribution in [2.75, 3.05) is 12.4 Å². The molecule has 0 amide bonds. The molecule has 0 aliphatic carbocycles. The number of fused-ring (bicyclic) bond motifs is 3. The monoisotopic (exact) mass is 574 g/mol. The lowest BCUT2D eigenvalue weighted by molar-refractivity contribution is -0.153. The van der Waals surface area contributed by atoms with E-state index in [1.165, 1.54) is 37.3 Å². The van der Waals surface area contributed by atoms with Gasteiger partial charge in [0.2, 0.25) is 0 Å². The van der Waals surface area contributed by atoms with E-state index in [1.54, 1.807) is 52.0 Å². The van der Waals surface area contributed by atoms with Gasteiger partial charge in [-0.15, -0.1) is 11.3 Å². The van der Waals surface area contributed by atoms with Crippen LogP contribution in [0.3, 0.4) is 0 Å². The number of nitriles is 1. The number of nitrogens with zero attached hydrogens (tertiary/aromatic N) is 1. The fourth-order valence-electron chi connectivity index (χ4n) is 3.51. The van der Waals surface area contributed by atoms with E-state index >= 15 is 0 Å². The molecule has 0 bridgehead atoms. The normalized spacial score (nSPS) is 15.9. The van der Waals surface area contributed by atoms with E-state index in [0.717, 1.165) is 9.40 Å². The largest absolute Gasteiger partial charge is 0.484 e. The maximum Gasteiger partial charge on any atom is 0.422 e. The van der Waals surface area contributed by atoms with Crippen LogP contribution in [0, 0.1) is 11.3 Å². The average Bonchev–Trinajstić information content (AvgIpc) is 3.13. The highest BCUT2D eigenvalue weighted by atomic mass is 32.2. The van der Waals surface area contributed by atoms with Crippen molar-refractivity contribution in [3.8, 4) is 11.8 Å². The lowest BCUT2D eigenvalue weighted by atomic mass is 9.94. The van der Waals surface area contributed by atoms with Gasteiger partial charge in [0.05, 0.1) is 33.1 Å². The van der Waals surface area contributed by atoms with Crippen molar-refractivity contribution in [3.05, 3.63) is 42.0 Å². The van der Waals surface area contributed by atoms with Gasteiger partial charge in [0.15, 0.2) is 21.2 Å². The number of ether oxygens (including phenoxy) is 1. The van der Waals surface area contributed by atoms with Gasteiger partial charge < -0.3 is 4.74 Å². The zero-order valence-electron chi connectivity index (χ0n) is 21.3. The molecule has 12 heteroatoms. The van der Waals surface area contributed by atoms with Crippen molar-refractivity contribution in [3.63, 3.8) is 0 Å². The average molecular weight is 575 g/mol. The molecule has 1 N–H and O–H groups in total. The third-order valence-electron chi connectivity index (χ3n) is 5.88. The van der Waals surface area contributed by atoms with E-state index < -0.39 is 54.4 Å². The zero-order valence-corrected chi connectivity index (χ0v) is 23.8. The molecule has 202 valence electrons. The molecule has 0 aliphatic heterocycles. The Bertz CT molecular complexity index is 1500. The summed E-state index contributed by atoms with van der Waals surface area (Å²) in [5, 5.41) is 10.8. The summed E-state index contributed by atoms with van der Waals surface area (Å²) in [6, 6.07) is 11.8. The second kappa shape index (κ2) is 9.84.